The third kappa shape index (κ3) is 3.05. The first-order valence-electron chi connectivity index (χ1n) is 9.58. The van der Waals surface area contributed by atoms with Gasteiger partial charge in [-0.2, -0.15) is 5.10 Å². The van der Waals surface area contributed by atoms with Gasteiger partial charge in [0.05, 0.1) is 12.1 Å². The molecule has 1 aromatic carbocycles. The van der Waals surface area contributed by atoms with Gasteiger partial charge in [-0.1, -0.05) is 17.7 Å². The smallest absolute Gasteiger partial charge is 0.227 e. The number of benzene rings is 1. The molecule has 1 atom stereocenters. The Morgan fingerprint density at radius 1 is 1.32 bits per heavy atom. The molecule has 7 heteroatoms. The number of nitrogens with one attached hydrogen (secondary N) is 1. The Morgan fingerprint density at radius 3 is 3.14 bits per heavy atom. The highest BCUT2D eigenvalue weighted by Gasteiger charge is 2.28. The van der Waals surface area contributed by atoms with Gasteiger partial charge in [0.2, 0.25) is 5.91 Å². The fourth-order valence-electron chi connectivity index (χ4n) is 4.10. The van der Waals surface area contributed by atoms with E-state index in [1.54, 1.807) is 23.7 Å². The summed E-state index contributed by atoms with van der Waals surface area (Å²) in [6, 6.07) is 6.45. The first-order valence-corrected chi connectivity index (χ1v) is 10.5. The number of aromatic amines is 1. The van der Waals surface area contributed by atoms with Crippen LogP contribution in [0.2, 0.25) is 0 Å². The van der Waals surface area contributed by atoms with Gasteiger partial charge < -0.3 is 4.90 Å². The van der Waals surface area contributed by atoms with Crippen LogP contribution in [-0.4, -0.2) is 44.1 Å². The first kappa shape index (κ1) is 17.3. The van der Waals surface area contributed by atoms with E-state index in [9.17, 15) is 4.79 Å². The van der Waals surface area contributed by atoms with Gasteiger partial charge in [0.1, 0.15) is 5.52 Å². The van der Waals surface area contributed by atoms with Crippen molar-refractivity contribution < 1.29 is 4.79 Å². The quantitative estimate of drug-likeness (QED) is 0.576. The highest BCUT2D eigenvalue weighted by Crippen LogP contribution is 2.31. The van der Waals surface area contributed by atoms with Crippen LogP contribution in [0.5, 0.6) is 0 Å². The van der Waals surface area contributed by atoms with Crippen LogP contribution in [0.4, 0.5) is 0 Å². The van der Waals surface area contributed by atoms with E-state index in [0.717, 1.165) is 36.2 Å². The third-order valence-corrected chi connectivity index (χ3v) is 6.56. The number of aromatic nitrogens is 4. The number of piperidine rings is 1. The average molecular weight is 392 g/mol. The van der Waals surface area contributed by atoms with Crippen LogP contribution >= 0.6 is 11.3 Å². The molecule has 0 aliphatic carbocycles. The van der Waals surface area contributed by atoms with Crippen molar-refractivity contribution in [2.45, 2.75) is 32.1 Å². The maximum atomic E-state index is 13.0. The molecule has 0 radical (unpaired) electrons. The summed E-state index contributed by atoms with van der Waals surface area (Å²) >= 11 is 1.71. The van der Waals surface area contributed by atoms with Crippen molar-refractivity contribution in [2.24, 2.45) is 0 Å². The monoisotopic (exact) mass is 391 g/mol. The van der Waals surface area contributed by atoms with E-state index in [-0.39, 0.29) is 11.8 Å². The SMILES string of the molecule is Cc1ccc2scc(CC(=O)N3CCC[C@@H](c4[nH]nc5nccnc45)C3)c2c1. The highest BCUT2D eigenvalue weighted by atomic mass is 32.1. The number of thiophene rings is 1. The van der Waals surface area contributed by atoms with Crippen molar-refractivity contribution in [3.8, 4) is 0 Å². The molecular weight excluding hydrogens is 370 g/mol. The molecule has 142 valence electrons. The maximum absolute atomic E-state index is 13.0. The molecule has 0 unspecified atom stereocenters. The zero-order valence-electron chi connectivity index (χ0n) is 15.7. The Balaban J connectivity index is 1.36. The molecule has 0 spiro atoms. The molecule has 6 nitrogen and oxygen atoms in total. The van der Waals surface area contributed by atoms with Gasteiger partial charge in [0, 0.05) is 36.1 Å². The fourth-order valence-corrected chi connectivity index (χ4v) is 5.04. The molecular formula is C21H21N5OS. The van der Waals surface area contributed by atoms with E-state index in [4.69, 9.17) is 0 Å². The Bertz CT molecular complexity index is 1160. The van der Waals surface area contributed by atoms with Crippen LogP contribution < -0.4 is 0 Å². The number of aryl methyl sites for hydroxylation is 1. The summed E-state index contributed by atoms with van der Waals surface area (Å²) in [6.07, 6.45) is 5.81. The van der Waals surface area contributed by atoms with Gasteiger partial charge in [-0.15, -0.1) is 11.3 Å². The number of hydrogen-bond donors (Lipinski definition) is 1. The average Bonchev–Trinajstić information content (AvgIpc) is 3.32. The topological polar surface area (TPSA) is 74.8 Å². The molecule has 1 saturated heterocycles. The zero-order chi connectivity index (χ0) is 19.1. The summed E-state index contributed by atoms with van der Waals surface area (Å²) in [4.78, 5) is 23.7. The molecule has 0 saturated carbocycles. The Labute approximate surface area is 166 Å². The summed E-state index contributed by atoms with van der Waals surface area (Å²) in [7, 11) is 0. The Hall–Kier alpha value is -2.80. The lowest BCUT2D eigenvalue weighted by Gasteiger charge is -2.32. The number of carbonyl (C=O) groups excluding carboxylic acids is 1. The summed E-state index contributed by atoms with van der Waals surface area (Å²) in [5, 5.41) is 10.7. The summed E-state index contributed by atoms with van der Waals surface area (Å²) in [5.74, 6) is 0.418. The van der Waals surface area contributed by atoms with Gasteiger partial charge in [0.15, 0.2) is 5.65 Å². The van der Waals surface area contributed by atoms with E-state index in [1.165, 1.54) is 15.6 Å². The Kier molecular flexibility index (Phi) is 4.31. The molecule has 1 aliphatic rings. The van der Waals surface area contributed by atoms with Crippen molar-refractivity contribution in [3.63, 3.8) is 0 Å². The summed E-state index contributed by atoms with van der Waals surface area (Å²) in [6.45, 7) is 3.61. The van der Waals surface area contributed by atoms with Crippen LogP contribution in [0.25, 0.3) is 21.3 Å². The van der Waals surface area contributed by atoms with E-state index in [1.807, 2.05) is 4.90 Å². The zero-order valence-corrected chi connectivity index (χ0v) is 16.5. The Morgan fingerprint density at radius 2 is 2.21 bits per heavy atom. The minimum Gasteiger partial charge on any atom is -0.342 e. The molecule has 1 amide bonds. The number of carbonyl (C=O) groups is 1. The van der Waals surface area contributed by atoms with Crippen molar-refractivity contribution in [2.75, 3.05) is 13.1 Å². The van der Waals surface area contributed by atoms with Gasteiger partial charge in [-0.3, -0.25) is 9.89 Å². The van der Waals surface area contributed by atoms with Gasteiger partial charge in [0.25, 0.3) is 0 Å². The summed E-state index contributed by atoms with van der Waals surface area (Å²) in [5.41, 5.74) is 4.82. The molecule has 0 bridgehead atoms. The van der Waals surface area contributed by atoms with Crippen LogP contribution in [-0.2, 0) is 11.2 Å². The van der Waals surface area contributed by atoms with Crippen LogP contribution in [0.1, 0.15) is 35.6 Å². The van der Waals surface area contributed by atoms with Crippen LogP contribution in [0, 0.1) is 6.92 Å². The third-order valence-electron chi connectivity index (χ3n) is 5.55. The lowest BCUT2D eigenvalue weighted by molar-refractivity contribution is -0.131. The standard InChI is InChI=1S/C21H21N5OS/c1-13-4-5-17-16(9-13)15(12-28-17)10-18(27)26-8-2-3-14(11-26)19-20-21(25-24-19)23-7-6-22-20/h4-7,9,12,14H,2-3,8,10-11H2,1H3,(H,23,24,25)/t14-/m1/s1. The normalized spacial score (nSPS) is 17.5. The van der Waals surface area contributed by atoms with Crippen molar-refractivity contribution in [1.29, 1.82) is 0 Å². The first-order chi connectivity index (χ1) is 13.7. The van der Waals surface area contributed by atoms with Crippen molar-refractivity contribution >= 4 is 38.5 Å². The molecule has 3 aromatic heterocycles. The predicted molar refractivity (Wildman–Crippen MR) is 111 cm³/mol. The highest BCUT2D eigenvalue weighted by molar-refractivity contribution is 7.17. The summed E-state index contributed by atoms with van der Waals surface area (Å²) < 4.78 is 1.24. The molecule has 1 N–H and O–H groups in total. The molecule has 4 heterocycles. The van der Waals surface area contributed by atoms with Crippen LogP contribution in [0.15, 0.2) is 36.0 Å². The van der Waals surface area contributed by atoms with Crippen LogP contribution in [0.3, 0.4) is 0 Å². The minimum absolute atomic E-state index is 0.195. The minimum atomic E-state index is 0.195. The number of H-pyrrole nitrogens is 1. The molecule has 4 aromatic rings. The predicted octanol–water partition coefficient (Wildman–Crippen LogP) is 3.82. The van der Waals surface area contributed by atoms with Gasteiger partial charge in [-0.05, 0) is 42.2 Å². The fraction of sp³-hybridized carbons (Fsp3) is 0.333. The largest absolute Gasteiger partial charge is 0.342 e. The van der Waals surface area contributed by atoms with E-state index in [0.29, 0.717) is 18.6 Å². The number of rotatable bonds is 3. The van der Waals surface area contributed by atoms with E-state index in [2.05, 4.69) is 50.7 Å². The number of likely N-dealkylation sites (tertiary alicyclic amines) is 1. The lowest BCUT2D eigenvalue weighted by atomic mass is 9.94. The molecule has 1 fully saturated rings. The lowest BCUT2D eigenvalue weighted by Crippen LogP contribution is -2.40. The number of hydrogen-bond acceptors (Lipinski definition) is 5. The molecule has 1 aliphatic heterocycles. The van der Waals surface area contributed by atoms with E-state index < -0.39 is 0 Å². The van der Waals surface area contributed by atoms with E-state index >= 15 is 0 Å². The maximum Gasteiger partial charge on any atom is 0.227 e. The molecule has 5 rings (SSSR count). The second-order valence-corrected chi connectivity index (χ2v) is 8.39. The number of fused-ring (bicyclic) bond motifs is 2. The van der Waals surface area contributed by atoms with Crippen molar-refractivity contribution in [3.05, 3.63) is 52.8 Å². The number of nitrogens with zero attached hydrogens (tertiary/aromatic N) is 4. The van der Waals surface area contributed by atoms with Gasteiger partial charge >= 0.3 is 0 Å². The number of amides is 1. The van der Waals surface area contributed by atoms with Gasteiger partial charge in [-0.25, -0.2) is 9.97 Å². The van der Waals surface area contributed by atoms with Crippen molar-refractivity contribution in [1.82, 2.24) is 25.1 Å². The molecule has 28 heavy (non-hydrogen) atoms. The second-order valence-electron chi connectivity index (χ2n) is 7.48. The second kappa shape index (κ2) is 6.98.